The van der Waals surface area contributed by atoms with Gasteiger partial charge in [0.2, 0.25) is 0 Å². The van der Waals surface area contributed by atoms with Gasteiger partial charge in [0.15, 0.2) is 5.78 Å². The highest BCUT2D eigenvalue weighted by Gasteiger charge is 2.09. The SMILES string of the molecule is O=C(CCn1nnc2ccccc21)c1cccc(Cl)c1. The summed E-state index contributed by atoms with van der Waals surface area (Å²) in [4.78, 5) is 12.1. The number of hydrogen-bond acceptors (Lipinski definition) is 3. The second-order valence-electron chi connectivity index (χ2n) is 4.48. The van der Waals surface area contributed by atoms with Crippen LogP contribution in [0.1, 0.15) is 16.8 Å². The van der Waals surface area contributed by atoms with Crippen molar-refractivity contribution in [2.75, 3.05) is 0 Å². The van der Waals surface area contributed by atoms with E-state index in [4.69, 9.17) is 11.6 Å². The molecule has 1 heterocycles. The molecular weight excluding hydrogens is 274 g/mol. The van der Waals surface area contributed by atoms with Crippen LogP contribution < -0.4 is 0 Å². The third-order valence-corrected chi connectivity index (χ3v) is 3.35. The van der Waals surface area contributed by atoms with E-state index in [1.54, 1.807) is 28.9 Å². The second kappa shape index (κ2) is 5.43. The average Bonchev–Trinajstić information content (AvgIpc) is 2.88. The van der Waals surface area contributed by atoms with Gasteiger partial charge in [0, 0.05) is 17.0 Å². The lowest BCUT2D eigenvalue weighted by atomic mass is 10.1. The molecular formula is C15H12ClN3O. The monoisotopic (exact) mass is 285 g/mol. The highest BCUT2D eigenvalue weighted by Crippen LogP contribution is 2.14. The average molecular weight is 286 g/mol. The Morgan fingerprint density at radius 1 is 1.15 bits per heavy atom. The molecule has 0 aliphatic heterocycles. The number of carbonyl (C=O) groups excluding carboxylic acids is 1. The number of rotatable bonds is 4. The smallest absolute Gasteiger partial charge is 0.164 e. The predicted molar refractivity (Wildman–Crippen MR) is 77.9 cm³/mol. The van der Waals surface area contributed by atoms with Gasteiger partial charge in [0.05, 0.1) is 12.1 Å². The second-order valence-corrected chi connectivity index (χ2v) is 4.92. The summed E-state index contributed by atoms with van der Waals surface area (Å²) >= 11 is 5.89. The molecule has 0 aliphatic rings. The Labute approximate surface area is 121 Å². The van der Waals surface area contributed by atoms with Crippen LogP contribution in [0.2, 0.25) is 5.02 Å². The molecule has 4 nitrogen and oxygen atoms in total. The summed E-state index contributed by atoms with van der Waals surface area (Å²) in [5.74, 6) is 0.0482. The lowest BCUT2D eigenvalue weighted by Gasteiger charge is -2.03. The molecule has 0 bridgehead atoms. The number of nitrogens with zero attached hydrogens (tertiary/aromatic N) is 3. The van der Waals surface area contributed by atoms with Crippen molar-refractivity contribution >= 4 is 28.4 Å². The maximum absolute atomic E-state index is 12.1. The van der Waals surface area contributed by atoms with E-state index in [-0.39, 0.29) is 5.78 Å². The first kappa shape index (κ1) is 12.8. The lowest BCUT2D eigenvalue weighted by Crippen LogP contribution is -2.07. The molecule has 0 radical (unpaired) electrons. The van der Waals surface area contributed by atoms with Crippen LogP contribution in [0.25, 0.3) is 11.0 Å². The Morgan fingerprint density at radius 3 is 2.85 bits per heavy atom. The van der Waals surface area contributed by atoms with E-state index in [0.29, 0.717) is 23.6 Å². The lowest BCUT2D eigenvalue weighted by molar-refractivity contribution is 0.0976. The Kier molecular flexibility index (Phi) is 3.48. The minimum atomic E-state index is 0.0482. The number of ketones is 1. The van der Waals surface area contributed by atoms with Gasteiger partial charge in [0.1, 0.15) is 5.52 Å². The van der Waals surface area contributed by atoms with Crippen LogP contribution in [-0.4, -0.2) is 20.8 Å². The number of aromatic nitrogens is 3. The molecule has 2 aromatic carbocycles. The molecule has 0 fully saturated rings. The summed E-state index contributed by atoms with van der Waals surface area (Å²) in [5, 5.41) is 8.70. The zero-order chi connectivity index (χ0) is 13.9. The number of halogens is 1. The van der Waals surface area contributed by atoms with Crippen LogP contribution in [0.15, 0.2) is 48.5 Å². The fourth-order valence-corrected chi connectivity index (χ4v) is 2.29. The molecule has 0 spiro atoms. The Hall–Kier alpha value is -2.20. The standard InChI is InChI=1S/C15H12ClN3O/c16-12-5-3-4-11(10-12)15(20)8-9-19-14-7-2-1-6-13(14)17-18-19/h1-7,10H,8-9H2. The molecule has 3 rings (SSSR count). The van der Waals surface area contributed by atoms with Crippen molar-refractivity contribution in [2.45, 2.75) is 13.0 Å². The summed E-state index contributed by atoms with van der Waals surface area (Å²) in [6.07, 6.45) is 0.369. The molecule has 0 saturated carbocycles. The third-order valence-electron chi connectivity index (χ3n) is 3.12. The summed E-state index contributed by atoms with van der Waals surface area (Å²) in [6, 6.07) is 14.7. The molecule has 0 N–H and O–H groups in total. The van der Waals surface area contributed by atoms with Crippen molar-refractivity contribution in [1.82, 2.24) is 15.0 Å². The van der Waals surface area contributed by atoms with Gasteiger partial charge in [0.25, 0.3) is 0 Å². The molecule has 5 heteroatoms. The number of hydrogen-bond donors (Lipinski definition) is 0. The molecule has 3 aromatic rings. The van der Waals surface area contributed by atoms with Crippen molar-refractivity contribution in [3.8, 4) is 0 Å². The van der Waals surface area contributed by atoms with Crippen LogP contribution in [0.3, 0.4) is 0 Å². The maximum atomic E-state index is 12.1. The van der Waals surface area contributed by atoms with Crippen molar-refractivity contribution < 1.29 is 4.79 Å². The Balaban J connectivity index is 1.75. The van der Waals surface area contributed by atoms with Crippen LogP contribution in [0, 0.1) is 0 Å². The number of fused-ring (bicyclic) bond motifs is 1. The van der Waals surface area contributed by atoms with Crippen molar-refractivity contribution in [3.05, 3.63) is 59.1 Å². The first-order chi connectivity index (χ1) is 9.74. The number of aryl methyl sites for hydroxylation is 1. The first-order valence-electron chi connectivity index (χ1n) is 6.31. The van der Waals surface area contributed by atoms with Crippen LogP contribution >= 0.6 is 11.6 Å². The number of para-hydroxylation sites is 1. The van der Waals surface area contributed by atoms with E-state index in [1.165, 1.54) is 0 Å². The quantitative estimate of drug-likeness (QED) is 0.691. The molecule has 100 valence electrons. The fourth-order valence-electron chi connectivity index (χ4n) is 2.10. The van der Waals surface area contributed by atoms with Crippen LogP contribution in [-0.2, 0) is 6.54 Å². The number of Topliss-reactive ketones (excluding diaryl/α,β-unsaturated/α-hetero) is 1. The van der Waals surface area contributed by atoms with Crippen LogP contribution in [0.4, 0.5) is 0 Å². The van der Waals surface area contributed by atoms with Crippen molar-refractivity contribution in [3.63, 3.8) is 0 Å². The molecule has 0 amide bonds. The van der Waals surface area contributed by atoms with Gasteiger partial charge in [-0.1, -0.05) is 41.1 Å². The summed E-state index contributed by atoms with van der Waals surface area (Å²) in [6.45, 7) is 0.506. The minimum Gasteiger partial charge on any atom is -0.294 e. The normalized spacial score (nSPS) is 10.8. The molecule has 0 saturated heterocycles. The molecule has 0 atom stereocenters. The van der Waals surface area contributed by atoms with Crippen molar-refractivity contribution in [2.24, 2.45) is 0 Å². The zero-order valence-electron chi connectivity index (χ0n) is 10.7. The van der Waals surface area contributed by atoms with Gasteiger partial charge < -0.3 is 0 Å². The largest absolute Gasteiger partial charge is 0.294 e. The summed E-state index contributed by atoms with van der Waals surface area (Å²) < 4.78 is 1.75. The maximum Gasteiger partial charge on any atom is 0.164 e. The third kappa shape index (κ3) is 2.56. The number of carbonyl (C=O) groups is 1. The Morgan fingerprint density at radius 2 is 2.00 bits per heavy atom. The topological polar surface area (TPSA) is 47.8 Å². The van der Waals surface area contributed by atoms with Gasteiger partial charge in [-0.3, -0.25) is 4.79 Å². The molecule has 20 heavy (non-hydrogen) atoms. The first-order valence-corrected chi connectivity index (χ1v) is 6.69. The number of benzene rings is 2. The van der Waals surface area contributed by atoms with Gasteiger partial charge in [-0.05, 0) is 24.3 Å². The molecule has 0 unspecified atom stereocenters. The zero-order valence-corrected chi connectivity index (χ0v) is 11.4. The van der Waals surface area contributed by atoms with E-state index in [9.17, 15) is 4.79 Å². The highest BCUT2D eigenvalue weighted by molar-refractivity contribution is 6.31. The molecule has 1 aromatic heterocycles. The van der Waals surface area contributed by atoms with E-state index in [0.717, 1.165) is 11.0 Å². The van der Waals surface area contributed by atoms with E-state index in [2.05, 4.69) is 10.3 Å². The van der Waals surface area contributed by atoms with Crippen molar-refractivity contribution in [1.29, 1.82) is 0 Å². The summed E-state index contributed by atoms with van der Waals surface area (Å²) in [5.41, 5.74) is 2.40. The van der Waals surface area contributed by atoms with Crippen LogP contribution in [0.5, 0.6) is 0 Å². The van der Waals surface area contributed by atoms with Gasteiger partial charge in [-0.15, -0.1) is 5.10 Å². The van der Waals surface area contributed by atoms with Gasteiger partial charge in [-0.25, -0.2) is 4.68 Å². The van der Waals surface area contributed by atoms with E-state index in [1.807, 2.05) is 24.3 Å². The minimum absolute atomic E-state index is 0.0482. The van der Waals surface area contributed by atoms with E-state index >= 15 is 0 Å². The fraction of sp³-hybridized carbons (Fsp3) is 0.133. The Bertz CT molecular complexity index is 766. The summed E-state index contributed by atoms with van der Waals surface area (Å²) in [7, 11) is 0. The molecule has 0 aliphatic carbocycles. The van der Waals surface area contributed by atoms with Gasteiger partial charge in [-0.2, -0.15) is 0 Å². The van der Waals surface area contributed by atoms with Gasteiger partial charge >= 0.3 is 0 Å². The predicted octanol–water partition coefficient (Wildman–Crippen LogP) is 3.36. The van der Waals surface area contributed by atoms with E-state index < -0.39 is 0 Å². The highest BCUT2D eigenvalue weighted by atomic mass is 35.5.